The van der Waals surface area contributed by atoms with Crippen LogP contribution >= 0.6 is 0 Å². The monoisotopic (exact) mass is 250 g/mol. The summed E-state index contributed by atoms with van der Waals surface area (Å²) in [4.78, 5) is 21.1. The van der Waals surface area contributed by atoms with Gasteiger partial charge in [-0.2, -0.15) is 0 Å². The molecule has 7 heteroatoms. The summed E-state index contributed by atoms with van der Waals surface area (Å²) in [7, 11) is 0. The Morgan fingerprint density at radius 3 is 2.83 bits per heavy atom. The van der Waals surface area contributed by atoms with Gasteiger partial charge in [-0.25, -0.2) is 0 Å². The number of amides is 1. The van der Waals surface area contributed by atoms with Gasteiger partial charge in [-0.05, 0) is 18.6 Å². The standard InChI is InChI=1S/C11H14N4O3/c12-9-5-7(1-3-10(9)15(17)18)14-8-2-4-11(16)13-6-8/h1,3,5,8,14H,2,4,6,12H2,(H,13,16). The minimum atomic E-state index is -0.514. The van der Waals surface area contributed by atoms with E-state index in [1.54, 1.807) is 6.07 Å². The van der Waals surface area contributed by atoms with Crippen LogP contribution in [-0.2, 0) is 4.79 Å². The van der Waals surface area contributed by atoms with E-state index in [0.29, 0.717) is 13.0 Å². The summed E-state index contributed by atoms with van der Waals surface area (Å²) in [5.41, 5.74) is 6.35. The highest BCUT2D eigenvalue weighted by Crippen LogP contribution is 2.25. The number of hydrogen-bond donors (Lipinski definition) is 3. The molecule has 4 N–H and O–H groups in total. The highest BCUT2D eigenvalue weighted by Gasteiger charge is 2.18. The van der Waals surface area contributed by atoms with Crippen molar-refractivity contribution in [1.29, 1.82) is 0 Å². The predicted molar refractivity (Wildman–Crippen MR) is 67.2 cm³/mol. The maximum absolute atomic E-state index is 11.0. The van der Waals surface area contributed by atoms with Crippen molar-refractivity contribution in [3.8, 4) is 0 Å². The summed E-state index contributed by atoms with van der Waals surface area (Å²) in [5.74, 6) is 0.0521. The number of carbonyl (C=O) groups is 1. The molecule has 1 fully saturated rings. The number of benzene rings is 1. The number of nitrogens with two attached hydrogens (primary N) is 1. The molecule has 7 nitrogen and oxygen atoms in total. The third-order valence-electron chi connectivity index (χ3n) is 2.86. The molecule has 1 saturated heterocycles. The molecule has 0 aromatic heterocycles. The summed E-state index contributed by atoms with van der Waals surface area (Å²) in [6.07, 6.45) is 1.23. The normalized spacial score (nSPS) is 19.1. The molecule has 96 valence electrons. The number of piperidine rings is 1. The molecule has 1 unspecified atom stereocenters. The summed E-state index contributed by atoms with van der Waals surface area (Å²) >= 11 is 0. The smallest absolute Gasteiger partial charge is 0.292 e. The third kappa shape index (κ3) is 2.68. The van der Waals surface area contributed by atoms with Gasteiger partial charge >= 0.3 is 0 Å². The van der Waals surface area contributed by atoms with Crippen LogP contribution in [0.1, 0.15) is 12.8 Å². The largest absolute Gasteiger partial charge is 0.393 e. The van der Waals surface area contributed by atoms with E-state index < -0.39 is 4.92 Å². The van der Waals surface area contributed by atoms with Crippen LogP contribution < -0.4 is 16.4 Å². The van der Waals surface area contributed by atoms with Crippen molar-refractivity contribution < 1.29 is 9.72 Å². The maximum Gasteiger partial charge on any atom is 0.292 e. The molecule has 0 radical (unpaired) electrons. The van der Waals surface area contributed by atoms with Gasteiger partial charge in [0.25, 0.3) is 5.69 Å². The minimum Gasteiger partial charge on any atom is -0.393 e. The van der Waals surface area contributed by atoms with Crippen molar-refractivity contribution in [2.24, 2.45) is 0 Å². The third-order valence-corrected chi connectivity index (χ3v) is 2.86. The number of hydrogen-bond acceptors (Lipinski definition) is 5. The zero-order valence-corrected chi connectivity index (χ0v) is 9.68. The van der Waals surface area contributed by atoms with Gasteiger partial charge < -0.3 is 16.4 Å². The van der Waals surface area contributed by atoms with Crippen LogP contribution in [0.25, 0.3) is 0 Å². The summed E-state index contributed by atoms with van der Waals surface area (Å²) in [6.45, 7) is 0.551. The summed E-state index contributed by atoms with van der Waals surface area (Å²) in [5, 5.41) is 16.6. The molecule has 0 bridgehead atoms. The minimum absolute atomic E-state index is 0.0521. The van der Waals surface area contributed by atoms with Crippen LogP contribution in [0.15, 0.2) is 18.2 Å². The van der Waals surface area contributed by atoms with Gasteiger partial charge in [0, 0.05) is 30.8 Å². The average molecular weight is 250 g/mol. The quantitative estimate of drug-likeness (QED) is 0.419. The SMILES string of the molecule is Nc1cc(NC2CCC(=O)NC2)ccc1[N+](=O)[O-]. The fourth-order valence-corrected chi connectivity index (χ4v) is 1.90. The Kier molecular flexibility index (Phi) is 3.31. The van der Waals surface area contributed by atoms with E-state index in [-0.39, 0.29) is 23.3 Å². The van der Waals surface area contributed by atoms with Gasteiger partial charge in [-0.15, -0.1) is 0 Å². The maximum atomic E-state index is 11.0. The van der Waals surface area contributed by atoms with Gasteiger partial charge in [-0.3, -0.25) is 14.9 Å². The number of nitrogen functional groups attached to an aromatic ring is 1. The number of nitro groups is 1. The van der Waals surface area contributed by atoms with Crippen molar-refractivity contribution in [3.63, 3.8) is 0 Å². The first-order valence-corrected chi connectivity index (χ1v) is 5.63. The lowest BCUT2D eigenvalue weighted by molar-refractivity contribution is -0.383. The molecule has 1 aliphatic heterocycles. The van der Waals surface area contributed by atoms with Gasteiger partial charge in [0.15, 0.2) is 0 Å². The van der Waals surface area contributed by atoms with Crippen molar-refractivity contribution in [2.75, 3.05) is 17.6 Å². The second-order valence-corrected chi connectivity index (χ2v) is 4.21. The van der Waals surface area contributed by atoms with E-state index in [0.717, 1.165) is 12.1 Å². The molecule has 1 aromatic carbocycles. The molecular weight excluding hydrogens is 236 g/mol. The first-order valence-electron chi connectivity index (χ1n) is 5.63. The first kappa shape index (κ1) is 12.2. The molecule has 1 amide bonds. The molecular formula is C11H14N4O3. The Hall–Kier alpha value is -2.31. The van der Waals surface area contributed by atoms with Crippen LogP contribution in [-0.4, -0.2) is 23.4 Å². The van der Waals surface area contributed by atoms with E-state index in [9.17, 15) is 14.9 Å². The van der Waals surface area contributed by atoms with Crippen molar-refractivity contribution >= 4 is 23.0 Å². The molecule has 0 spiro atoms. The van der Waals surface area contributed by atoms with Crippen LogP contribution in [0.2, 0.25) is 0 Å². The van der Waals surface area contributed by atoms with Crippen LogP contribution in [0, 0.1) is 10.1 Å². The zero-order valence-electron chi connectivity index (χ0n) is 9.68. The highest BCUT2D eigenvalue weighted by atomic mass is 16.6. The second-order valence-electron chi connectivity index (χ2n) is 4.21. The fraction of sp³-hybridized carbons (Fsp3) is 0.364. The van der Waals surface area contributed by atoms with E-state index >= 15 is 0 Å². The molecule has 1 heterocycles. The molecule has 1 aromatic rings. The lowest BCUT2D eigenvalue weighted by Crippen LogP contribution is -2.41. The number of nitrogens with zero attached hydrogens (tertiary/aromatic N) is 1. The van der Waals surface area contributed by atoms with E-state index in [1.807, 2.05) is 0 Å². The molecule has 1 aliphatic rings. The van der Waals surface area contributed by atoms with Gasteiger partial charge in [0.2, 0.25) is 5.91 Å². The lowest BCUT2D eigenvalue weighted by Gasteiger charge is -2.24. The number of nitrogens with one attached hydrogen (secondary N) is 2. The Bertz CT molecular complexity index is 479. The van der Waals surface area contributed by atoms with E-state index in [4.69, 9.17) is 5.73 Å². The average Bonchev–Trinajstić information content (AvgIpc) is 2.32. The number of anilines is 2. The van der Waals surface area contributed by atoms with Crippen molar-refractivity contribution in [3.05, 3.63) is 28.3 Å². The van der Waals surface area contributed by atoms with Crippen LogP contribution in [0.5, 0.6) is 0 Å². The first-order chi connectivity index (χ1) is 8.56. The second kappa shape index (κ2) is 4.91. The van der Waals surface area contributed by atoms with Gasteiger partial charge in [-0.1, -0.05) is 0 Å². The molecule has 2 rings (SSSR count). The number of carbonyl (C=O) groups excluding carboxylic acids is 1. The van der Waals surface area contributed by atoms with Crippen molar-refractivity contribution in [2.45, 2.75) is 18.9 Å². The topological polar surface area (TPSA) is 110 Å². The van der Waals surface area contributed by atoms with Crippen LogP contribution in [0.4, 0.5) is 17.1 Å². The molecule has 0 aliphatic carbocycles. The molecule has 0 saturated carbocycles. The Labute approximate surface area is 104 Å². The fourth-order valence-electron chi connectivity index (χ4n) is 1.90. The number of nitro benzene ring substituents is 1. The Balaban J connectivity index is 2.04. The Morgan fingerprint density at radius 1 is 1.50 bits per heavy atom. The van der Waals surface area contributed by atoms with Crippen molar-refractivity contribution in [1.82, 2.24) is 5.32 Å². The van der Waals surface area contributed by atoms with E-state index in [2.05, 4.69) is 10.6 Å². The summed E-state index contributed by atoms with van der Waals surface area (Å²) < 4.78 is 0. The molecule has 18 heavy (non-hydrogen) atoms. The summed E-state index contributed by atoms with van der Waals surface area (Å²) in [6, 6.07) is 4.65. The van der Waals surface area contributed by atoms with Gasteiger partial charge in [0.1, 0.15) is 5.69 Å². The molecule has 1 atom stereocenters. The zero-order chi connectivity index (χ0) is 13.1. The Morgan fingerprint density at radius 2 is 2.28 bits per heavy atom. The van der Waals surface area contributed by atoms with E-state index in [1.165, 1.54) is 12.1 Å². The number of rotatable bonds is 3. The lowest BCUT2D eigenvalue weighted by atomic mass is 10.1. The predicted octanol–water partition coefficient (Wildman–Crippen LogP) is 0.867. The highest BCUT2D eigenvalue weighted by molar-refractivity contribution is 5.77. The van der Waals surface area contributed by atoms with Gasteiger partial charge in [0.05, 0.1) is 4.92 Å². The van der Waals surface area contributed by atoms with Crippen LogP contribution in [0.3, 0.4) is 0 Å².